The molecule has 1 heterocycles. The average molecular weight is 390 g/mol. The molecule has 1 aliphatic heterocycles. The fourth-order valence-corrected chi connectivity index (χ4v) is 3.83. The van der Waals surface area contributed by atoms with Gasteiger partial charge in [-0.2, -0.15) is 0 Å². The molecule has 0 aliphatic carbocycles. The van der Waals surface area contributed by atoms with E-state index in [-0.39, 0.29) is 0 Å². The normalized spacial score (nSPS) is 15.3. The van der Waals surface area contributed by atoms with Gasteiger partial charge in [0.15, 0.2) is 0 Å². The Bertz CT molecular complexity index is 800. The summed E-state index contributed by atoms with van der Waals surface area (Å²) in [5, 5.41) is 5.76. The number of carbonyl (C=O) groups excluding carboxylic acids is 1. The summed E-state index contributed by atoms with van der Waals surface area (Å²) in [7, 11) is -1.49. The highest BCUT2D eigenvalue weighted by molar-refractivity contribution is 7.88. The van der Waals surface area contributed by atoms with E-state index in [9.17, 15) is 8.42 Å². The highest BCUT2D eigenvalue weighted by atomic mass is 32.2. The van der Waals surface area contributed by atoms with Gasteiger partial charge in [-0.05, 0) is 36.1 Å². The van der Waals surface area contributed by atoms with Gasteiger partial charge in [-0.3, -0.25) is 4.79 Å². The fourth-order valence-electron chi connectivity index (χ4n) is 2.96. The Balaban J connectivity index is 0.000000596. The molecule has 0 saturated carbocycles. The first-order chi connectivity index (χ1) is 12.9. The largest absolute Gasteiger partial charge is 0.382 e. The smallest absolute Gasteiger partial charge is 0.211 e. The van der Waals surface area contributed by atoms with Crippen molar-refractivity contribution in [2.75, 3.05) is 31.7 Å². The van der Waals surface area contributed by atoms with Gasteiger partial charge in [0.25, 0.3) is 0 Å². The number of benzene rings is 2. The molecule has 2 aromatic carbocycles. The fraction of sp³-hybridized carbons (Fsp3) is 0.350. The topological polar surface area (TPSA) is 78.5 Å². The lowest BCUT2D eigenvalue weighted by molar-refractivity contribution is -0.109. The van der Waals surface area contributed by atoms with Crippen molar-refractivity contribution in [1.29, 1.82) is 0 Å². The lowest BCUT2D eigenvalue weighted by atomic mass is 10.0. The molecule has 0 radical (unpaired) electrons. The lowest BCUT2D eigenvalue weighted by Gasteiger charge is -2.31. The summed E-state index contributed by atoms with van der Waals surface area (Å²) >= 11 is 0. The van der Waals surface area contributed by atoms with Crippen LogP contribution in [0.5, 0.6) is 0 Å². The molecule has 0 aromatic heterocycles. The van der Waals surface area contributed by atoms with Crippen LogP contribution in [0.15, 0.2) is 54.6 Å². The number of anilines is 1. The molecular formula is C20H27N3O3S. The second-order valence-electron chi connectivity index (χ2n) is 6.43. The van der Waals surface area contributed by atoms with E-state index in [2.05, 4.69) is 47.0 Å². The molecule has 2 N–H and O–H groups in total. The standard InChI is InChI=1S/C18H22N2O2S.C2H5NO/c1-23(21,22)20-13-11-18(12-14-20)19-17-9-7-16(8-10-17)15-5-3-2-4-6-15;1-3-2-4/h2-10,18-19H,11-14H2,1H3;2H,1H3,(H,3,4). The maximum atomic E-state index is 11.5. The Morgan fingerprint density at radius 3 is 1.96 bits per heavy atom. The van der Waals surface area contributed by atoms with Crippen LogP contribution >= 0.6 is 0 Å². The predicted molar refractivity (Wildman–Crippen MR) is 110 cm³/mol. The summed E-state index contributed by atoms with van der Waals surface area (Å²) in [4.78, 5) is 9.06. The molecule has 2 aromatic rings. The number of hydrogen-bond donors (Lipinski definition) is 2. The minimum atomic E-state index is -3.05. The van der Waals surface area contributed by atoms with Gasteiger partial charge >= 0.3 is 0 Å². The zero-order valence-corrected chi connectivity index (χ0v) is 16.6. The molecule has 0 spiro atoms. The van der Waals surface area contributed by atoms with Crippen LogP contribution in [0.2, 0.25) is 0 Å². The van der Waals surface area contributed by atoms with E-state index in [1.807, 2.05) is 18.2 Å². The minimum Gasteiger partial charge on any atom is -0.382 e. The van der Waals surface area contributed by atoms with Crippen molar-refractivity contribution in [2.24, 2.45) is 0 Å². The van der Waals surface area contributed by atoms with Gasteiger partial charge in [-0.15, -0.1) is 0 Å². The van der Waals surface area contributed by atoms with Gasteiger partial charge in [0, 0.05) is 31.9 Å². The molecule has 6 nitrogen and oxygen atoms in total. The molecule has 27 heavy (non-hydrogen) atoms. The van der Waals surface area contributed by atoms with E-state index in [4.69, 9.17) is 4.79 Å². The Labute approximate surface area is 161 Å². The van der Waals surface area contributed by atoms with Gasteiger partial charge < -0.3 is 10.6 Å². The summed E-state index contributed by atoms with van der Waals surface area (Å²) in [6.07, 6.45) is 3.59. The Hall–Kier alpha value is -2.38. The third-order valence-corrected chi connectivity index (χ3v) is 5.71. The quantitative estimate of drug-likeness (QED) is 0.771. The van der Waals surface area contributed by atoms with Gasteiger partial charge in [-0.1, -0.05) is 42.5 Å². The van der Waals surface area contributed by atoms with E-state index in [0.717, 1.165) is 18.5 Å². The summed E-state index contributed by atoms with van der Waals surface area (Å²) in [5.41, 5.74) is 3.49. The summed E-state index contributed by atoms with van der Waals surface area (Å²) in [5.74, 6) is 0. The number of hydrogen-bond acceptors (Lipinski definition) is 4. The monoisotopic (exact) mass is 389 g/mol. The zero-order valence-electron chi connectivity index (χ0n) is 15.8. The Morgan fingerprint density at radius 1 is 0.963 bits per heavy atom. The second kappa shape index (κ2) is 10.1. The third kappa shape index (κ3) is 6.69. The van der Waals surface area contributed by atoms with Gasteiger partial charge in [-0.25, -0.2) is 12.7 Å². The number of amides is 1. The van der Waals surface area contributed by atoms with E-state index in [1.54, 1.807) is 11.4 Å². The van der Waals surface area contributed by atoms with Crippen molar-refractivity contribution in [3.8, 4) is 11.1 Å². The van der Waals surface area contributed by atoms with E-state index < -0.39 is 10.0 Å². The number of nitrogens with one attached hydrogen (secondary N) is 2. The maximum absolute atomic E-state index is 11.5. The summed E-state index contributed by atoms with van der Waals surface area (Å²) in [6.45, 7) is 1.19. The van der Waals surface area contributed by atoms with E-state index >= 15 is 0 Å². The molecule has 0 unspecified atom stereocenters. The lowest BCUT2D eigenvalue weighted by Crippen LogP contribution is -2.41. The Kier molecular flexibility index (Phi) is 7.82. The van der Waals surface area contributed by atoms with Crippen LogP contribution in [0.4, 0.5) is 5.69 Å². The SMILES string of the molecule is CNC=O.CS(=O)(=O)N1CCC(Nc2ccc(-c3ccccc3)cc2)CC1. The molecule has 3 rings (SSSR count). The van der Waals surface area contributed by atoms with Crippen molar-refractivity contribution in [1.82, 2.24) is 9.62 Å². The van der Waals surface area contributed by atoms with Crippen molar-refractivity contribution >= 4 is 22.1 Å². The second-order valence-corrected chi connectivity index (χ2v) is 8.41. The van der Waals surface area contributed by atoms with Crippen LogP contribution in [-0.2, 0) is 14.8 Å². The minimum absolute atomic E-state index is 0.329. The Morgan fingerprint density at radius 2 is 1.48 bits per heavy atom. The number of carbonyl (C=O) groups is 1. The highest BCUT2D eigenvalue weighted by Gasteiger charge is 2.24. The highest BCUT2D eigenvalue weighted by Crippen LogP contribution is 2.23. The first-order valence-corrected chi connectivity index (χ1v) is 10.8. The summed E-state index contributed by atoms with van der Waals surface area (Å²) in [6, 6.07) is 19.0. The molecular weight excluding hydrogens is 362 g/mol. The molecule has 1 fully saturated rings. The van der Waals surface area contributed by atoms with Gasteiger partial charge in [0.2, 0.25) is 16.4 Å². The van der Waals surface area contributed by atoms with Crippen molar-refractivity contribution in [3.63, 3.8) is 0 Å². The van der Waals surface area contributed by atoms with Crippen LogP contribution in [0.1, 0.15) is 12.8 Å². The van der Waals surface area contributed by atoms with Crippen LogP contribution in [0.25, 0.3) is 11.1 Å². The molecule has 0 bridgehead atoms. The van der Waals surface area contributed by atoms with E-state index in [1.165, 1.54) is 17.4 Å². The molecule has 7 heteroatoms. The zero-order chi connectivity index (χ0) is 19.7. The molecule has 1 aliphatic rings. The van der Waals surface area contributed by atoms with Crippen LogP contribution in [0, 0.1) is 0 Å². The summed E-state index contributed by atoms with van der Waals surface area (Å²) < 4.78 is 24.6. The molecule has 1 amide bonds. The van der Waals surface area contributed by atoms with Crippen LogP contribution in [0.3, 0.4) is 0 Å². The van der Waals surface area contributed by atoms with Crippen molar-refractivity contribution in [2.45, 2.75) is 18.9 Å². The van der Waals surface area contributed by atoms with Crippen LogP contribution in [-0.4, -0.2) is 51.6 Å². The van der Waals surface area contributed by atoms with Gasteiger partial charge in [0.05, 0.1) is 6.26 Å². The third-order valence-electron chi connectivity index (χ3n) is 4.40. The first-order valence-electron chi connectivity index (χ1n) is 8.92. The van der Waals surface area contributed by atoms with Crippen molar-refractivity contribution in [3.05, 3.63) is 54.6 Å². The average Bonchev–Trinajstić information content (AvgIpc) is 2.69. The van der Waals surface area contributed by atoms with Gasteiger partial charge in [0.1, 0.15) is 0 Å². The number of sulfonamides is 1. The first kappa shape index (κ1) is 20.9. The molecule has 146 valence electrons. The molecule has 1 saturated heterocycles. The number of nitrogens with zero attached hydrogens (tertiary/aromatic N) is 1. The number of rotatable bonds is 5. The maximum Gasteiger partial charge on any atom is 0.211 e. The molecule has 0 atom stereocenters. The van der Waals surface area contributed by atoms with E-state index in [0.29, 0.717) is 25.5 Å². The number of piperidine rings is 1. The van der Waals surface area contributed by atoms with Crippen molar-refractivity contribution < 1.29 is 13.2 Å². The predicted octanol–water partition coefficient (Wildman–Crippen LogP) is 2.55. The van der Waals surface area contributed by atoms with Crippen LogP contribution < -0.4 is 10.6 Å².